The van der Waals surface area contributed by atoms with E-state index in [9.17, 15) is 4.79 Å². The standard InChI is InChI=1S/C14H29N3O/c1-12(11-17-7-5-6-8-17)9-15-13(18)10-16-14(2,3)4/h12,16H,5-11H2,1-4H3,(H,15,18). The molecule has 1 rings (SSSR count). The van der Waals surface area contributed by atoms with Crippen molar-refractivity contribution >= 4 is 5.91 Å². The fourth-order valence-corrected chi connectivity index (χ4v) is 2.17. The van der Waals surface area contributed by atoms with Crippen LogP contribution in [0.3, 0.4) is 0 Å². The highest BCUT2D eigenvalue weighted by molar-refractivity contribution is 5.78. The molecule has 2 N–H and O–H groups in total. The molecule has 0 saturated carbocycles. The van der Waals surface area contributed by atoms with Gasteiger partial charge in [-0.15, -0.1) is 0 Å². The van der Waals surface area contributed by atoms with E-state index >= 15 is 0 Å². The maximum Gasteiger partial charge on any atom is 0.233 e. The number of carbonyl (C=O) groups excluding carboxylic acids is 1. The second-order valence-electron chi connectivity index (χ2n) is 6.52. The van der Waals surface area contributed by atoms with Crippen LogP contribution in [0.1, 0.15) is 40.5 Å². The molecule has 0 bridgehead atoms. The Kier molecular flexibility index (Phi) is 6.09. The molecule has 0 aromatic rings. The number of hydrogen-bond acceptors (Lipinski definition) is 3. The summed E-state index contributed by atoms with van der Waals surface area (Å²) in [6, 6.07) is 0. The summed E-state index contributed by atoms with van der Waals surface area (Å²) in [4.78, 5) is 14.1. The van der Waals surface area contributed by atoms with Gasteiger partial charge in [-0.05, 0) is 52.6 Å². The van der Waals surface area contributed by atoms with Crippen molar-refractivity contribution in [3.63, 3.8) is 0 Å². The van der Waals surface area contributed by atoms with Gasteiger partial charge >= 0.3 is 0 Å². The minimum Gasteiger partial charge on any atom is -0.355 e. The fourth-order valence-electron chi connectivity index (χ4n) is 2.17. The van der Waals surface area contributed by atoms with Crippen LogP contribution in [0.2, 0.25) is 0 Å². The van der Waals surface area contributed by atoms with Crippen molar-refractivity contribution in [3.05, 3.63) is 0 Å². The van der Waals surface area contributed by atoms with E-state index in [4.69, 9.17) is 0 Å². The highest BCUT2D eigenvalue weighted by atomic mass is 16.1. The normalized spacial score (nSPS) is 18.9. The molecule has 1 fully saturated rings. The largest absolute Gasteiger partial charge is 0.355 e. The average Bonchev–Trinajstić information content (AvgIpc) is 2.75. The third-order valence-electron chi connectivity index (χ3n) is 3.20. The lowest BCUT2D eigenvalue weighted by Crippen LogP contribution is -2.44. The van der Waals surface area contributed by atoms with Crippen LogP contribution < -0.4 is 10.6 Å². The van der Waals surface area contributed by atoms with Gasteiger partial charge in [0.05, 0.1) is 6.54 Å². The first-order chi connectivity index (χ1) is 8.37. The first-order valence-electron chi connectivity index (χ1n) is 7.11. The molecule has 1 aliphatic heterocycles. The van der Waals surface area contributed by atoms with Crippen LogP contribution in [0.25, 0.3) is 0 Å². The van der Waals surface area contributed by atoms with Gasteiger partial charge in [-0.25, -0.2) is 0 Å². The molecule has 4 nitrogen and oxygen atoms in total. The summed E-state index contributed by atoms with van der Waals surface area (Å²) < 4.78 is 0. The van der Waals surface area contributed by atoms with Crippen LogP contribution in [0.15, 0.2) is 0 Å². The van der Waals surface area contributed by atoms with Gasteiger partial charge < -0.3 is 15.5 Å². The van der Waals surface area contributed by atoms with E-state index in [1.54, 1.807) is 0 Å². The highest BCUT2D eigenvalue weighted by Gasteiger charge is 2.15. The van der Waals surface area contributed by atoms with E-state index in [1.807, 2.05) is 0 Å². The molecule has 0 aromatic heterocycles. The molecule has 0 aliphatic carbocycles. The van der Waals surface area contributed by atoms with Gasteiger partial charge in [-0.3, -0.25) is 4.79 Å². The van der Waals surface area contributed by atoms with Crippen LogP contribution in [0.5, 0.6) is 0 Å². The molecule has 18 heavy (non-hydrogen) atoms. The van der Waals surface area contributed by atoms with Crippen molar-refractivity contribution in [1.29, 1.82) is 0 Å². The molecule has 1 heterocycles. The molecule has 1 atom stereocenters. The van der Waals surface area contributed by atoms with Crippen molar-refractivity contribution in [3.8, 4) is 0 Å². The molecule has 0 spiro atoms. The summed E-state index contributed by atoms with van der Waals surface area (Å²) in [5, 5.41) is 6.20. The third-order valence-corrected chi connectivity index (χ3v) is 3.20. The lowest BCUT2D eigenvalue weighted by molar-refractivity contribution is -0.120. The van der Waals surface area contributed by atoms with Crippen molar-refractivity contribution < 1.29 is 4.79 Å². The minimum absolute atomic E-state index is 0.00148. The monoisotopic (exact) mass is 255 g/mol. The number of nitrogens with zero attached hydrogens (tertiary/aromatic N) is 1. The number of hydrogen-bond donors (Lipinski definition) is 2. The lowest BCUT2D eigenvalue weighted by atomic mass is 10.1. The molecule has 1 aliphatic rings. The van der Waals surface area contributed by atoms with Crippen LogP contribution in [0, 0.1) is 5.92 Å². The first kappa shape index (κ1) is 15.4. The lowest BCUT2D eigenvalue weighted by Gasteiger charge is -2.22. The highest BCUT2D eigenvalue weighted by Crippen LogP contribution is 2.09. The summed E-state index contributed by atoms with van der Waals surface area (Å²) in [5.74, 6) is 0.625. The van der Waals surface area contributed by atoms with Crippen molar-refractivity contribution in [2.45, 2.75) is 46.1 Å². The van der Waals surface area contributed by atoms with Crippen LogP contribution in [-0.2, 0) is 4.79 Å². The number of likely N-dealkylation sites (tertiary alicyclic amines) is 1. The van der Waals surface area contributed by atoms with Gasteiger partial charge in [0.1, 0.15) is 0 Å². The Bertz CT molecular complexity index is 254. The zero-order valence-electron chi connectivity index (χ0n) is 12.4. The van der Waals surface area contributed by atoms with E-state index in [1.165, 1.54) is 25.9 Å². The third kappa shape index (κ3) is 6.97. The van der Waals surface area contributed by atoms with E-state index in [-0.39, 0.29) is 11.4 Å². The molecular weight excluding hydrogens is 226 g/mol. The average molecular weight is 255 g/mol. The molecule has 4 heteroatoms. The number of rotatable bonds is 6. The van der Waals surface area contributed by atoms with E-state index < -0.39 is 0 Å². The molecule has 0 radical (unpaired) electrons. The quantitative estimate of drug-likeness (QED) is 0.750. The second kappa shape index (κ2) is 7.10. The predicted molar refractivity (Wildman–Crippen MR) is 75.6 cm³/mol. The van der Waals surface area contributed by atoms with Gasteiger partial charge in [0.2, 0.25) is 5.91 Å². The summed E-state index contributed by atoms with van der Waals surface area (Å²) in [6.07, 6.45) is 2.66. The number of amides is 1. The first-order valence-corrected chi connectivity index (χ1v) is 7.11. The Balaban J connectivity index is 2.09. The molecule has 1 unspecified atom stereocenters. The Labute approximate surface area is 111 Å². The molecule has 0 aromatic carbocycles. The van der Waals surface area contributed by atoms with Gasteiger partial charge in [0.15, 0.2) is 0 Å². The van der Waals surface area contributed by atoms with E-state index in [0.29, 0.717) is 12.5 Å². The SMILES string of the molecule is CC(CNC(=O)CNC(C)(C)C)CN1CCCC1. The van der Waals surface area contributed by atoms with Gasteiger partial charge in [0, 0.05) is 18.6 Å². The van der Waals surface area contributed by atoms with Crippen molar-refractivity contribution in [2.75, 3.05) is 32.7 Å². The van der Waals surface area contributed by atoms with Gasteiger partial charge in [-0.1, -0.05) is 6.92 Å². The summed E-state index contributed by atoms with van der Waals surface area (Å²) in [7, 11) is 0. The smallest absolute Gasteiger partial charge is 0.233 e. The second-order valence-corrected chi connectivity index (χ2v) is 6.52. The zero-order valence-corrected chi connectivity index (χ0v) is 12.4. The van der Waals surface area contributed by atoms with Gasteiger partial charge in [-0.2, -0.15) is 0 Å². The predicted octanol–water partition coefficient (Wildman–Crippen LogP) is 1.22. The summed E-state index contributed by atoms with van der Waals surface area (Å²) in [6.45, 7) is 13.1. The summed E-state index contributed by atoms with van der Waals surface area (Å²) in [5.41, 5.74) is -0.00148. The Morgan fingerprint density at radius 2 is 1.89 bits per heavy atom. The van der Waals surface area contributed by atoms with Crippen LogP contribution in [-0.4, -0.2) is 49.1 Å². The number of nitrogens with one attached hydrogen (secondary N) is 2. The fraction of sp³-hybridized carbons (Fsp3) is 0.929. The topological polar surface area (TPSA) is 44.4 Å². The Hall–Kier alpha value is -0.610. The zero-order chi connectivity index (χ0) is 13.6. The molecular formula is C14H29N3O. The van der Waals surface area contributed by atoms with Gasteiger partial charge in [0.25, 0.3) is 0 Å². The molecule has 106 valence electrons. The van der Waals surface area contributed by atoms with Crippen LogP contribution in [0.4, 0.5) is 0 Å². The Morgan fingerprint density at radius 1 is 1.28 bits per heavy atom. The maximum atomic E-state index is 11.6. The summed E-state index contributed by atoms with van der Waals surface area (Å²) >= 11 is 0. The molecule has 1 saturated heterocycles. The van der Waals surface area contributed by atoms with Crippen molar-refractivity contribution in [2.24, 2.45) is 5.92 Å². The molecule has 1 amide bonds. The van der Waals surface area contributed by atoms with E-state index in [0.717, 1.165) is 13.1 Å². The van der Waals surface area contributed by atoms with E-state index in [2.05, 4.69) is 43.2 Å². The number of carbonyl (C=O) groups is 1. The maximum absolute atomic E-state index is 11.6. The van der Waals surface area contributed by atoms with Crippen molar-refractivity contribution in [1.82, 2.24) is 15.5 Å². The Morgan fingerprint density at radius 3 is 2.44 bits per heavy atom. The minimum atomic E-state index is -0.00148. The van der Waals surface area contributed by atoms with Crippen LogP contribution >= 0.6 is 0 Å².